The van der Waals surface area contributed by atoms with Crippen molar-refractivity contribution in [2.45, 2.75) is 31.7 Å². The highest BCUT2D eigenvalue weighted by atomic mass is 15.3. The Morgan fingerprint density at radius 1 is 1.53 bits per heavy atom. The highest BCUT2D eigenvalue weighted by Gasteiger charge is 2.28. The van der Waals surface area contributed by atoms with Crippen LogP contribution < -0.4 is 17.0 Å². The quantitative estimate of drug-likeness (QED) is 0.505. The minimum absolute atomic E-state index is 0.154. The van der Waals surface area contributed by atoms with Crippen molar-refractivity contribution in [3.05, 3.63) is 11.8 Å². The molecule has 1 atom stereocenters. The highest BCUT2D eigenvalue weighted by molar-refractivity contribution is 5.41. The molecule has 0 aromatic carbocycles. The van der Waals surface area contributed by atoms with Crippen LogP contribution in [0.25, 0.3) is 0 Å². The summed E-state index contributed by atoms with van der Waals surface area (Å²) in [5.74, 6) is 6.93. The fourth-order valence-electron chi connectivity index (χ4n) is 2.47. The van der Waals surface area contributed by atoms with Gasteiger partial charge in [0.1, 0.15) is 5.82 Å². The first-order valence-corrected chi connectivity index (χ1v) is 5.47. The van der Waals surface area contributed by atoms with Crippen molar-refractivity contribution < 1.29 is 0 Å². The molecule has 0 radical (unpaired) electrons. The van der Waals surface area contributed by atoms with E-state index in [1.807, 2.05) is 13.2 Å². The van der Waals surface area contributed by atoms with Gasteiger partial charge >= 0.3 is 0 Å². The van der Waals surface area contributed by atoms with Gasteiger partial charge in [-0.2, -0.15) is 5.10 Å². The van der Waals surface area contributed by atoms with Crippen molar-refractivity contribution in [2.24, 2.45) is 18.8 Å². The summed E-state index contributed by atoms with van der Waals surface area (Å²) in [5.41, 5.74) is 9.87. The van der Waals surface area contributed by atoms with Crippen molar-refractivity contribution in [2.75, 3.05) is 5.73 Å². The summed E-state index contributed by atoms with van der Waals surface area (Å²) in [6, 6.07) is 0.154. The number of hydrogen-bond donors (Lipinski definition) is 3. The third kappa shape index (κ3) is 1.85. The first kappa shape index (κ1) is 10.4. The molecule has 2 rings (SSSR count). The molecular formula is C10H19N5. The molecule has 15 heavy (non-hydrogen) atoms. The largest absolute Gasteiger partial charge is 0.384 e. The standard InChI is InChI=1S/C10H19N5/c1-15-10(11)8(6-13-15)9(14-12)7-4-2-3-5-7/h6-7,9,14H,2-5,11-12H2,1H3. The van der Waals surface area contributed by atoms with Gasteiger partial charge in [-0.3, -0.25) is 16.0 Å². The molecule has 1 heterocycles. The van der Waals surface area contributed by atoms with E-state index < -0.39 is 0 Å². The molecule has 1 aliphatic carbocycles. The lowest BCUT2D eigenvalue weighted by molar-refractivity contribution is 0.374. The maximum absolute atomic E-state index is 5.95. The molecule has 0 spiro atoms. The minimum Gasteiger partial charge on any atom is -0.384 e. The van der Waals surface area contributed by atoms with Gasteiger partial charge < -0.3 is 5.73 Å². The number of nitrogens with zero attached hydrogens (tertiary/aromatic N) is 2. The lowest BCUT2D eigenvalue weighted by Gasteiger charge is -2.21. The first-order chi connectivity index (χ1) is 7.24. The summed E-state index contributed by atoms with van der Waals surface area (Å²) in [4.78, 5) is 0. The second-order valence-corrected chi connectivity index (χ2v) is 4.30. The van der Waals surface area contributed by atoms with E-state index in [0.717, 1.165) is 5.56 Å². The molecule has 0 bridgehead atoms. The number of hydrazine groups is 1. The van der Waals surface area contributed by atoms with Crippen molar-refractivity contribution in [3.8, 4) is 0 Å². The Hall–Kier alpha value is -1.07. The Bertz CT molecular complexity index is 327. The second-order valence-electron chi connectivity index (χ2n) is 4.30. The fourth-order valence-corrected chi connectivity index (χ4v) is 2.47. The van der Waals surface area contributed by atoms with Crippen molar-refractivity contribution in [3.63, 3.8) is 0 Å². The summed E-state index contributed by atoms with van der Waals surface area (Å²) in [6.07, 6.45) is 6.86. The van der Waals surface area contributed by atoms with Gasteiger partial charge in [-0.25, -0.2) is 0 Å². The van der Waals surface area contributed by atoms with Gasteiger partial charge in [-0.15, -0.1) is 0 Å². The maximum Gasteiger partial charge on any atom is 0.126 e. The number of nitrogens with one attached hydrogen (secondary N) is 1. The Morgan fingerprint density at radius 3 is 2.67 bits per heavy atom. The van der Waals surface area contributed by atoms with Gasteiger partial charge in [0, 0.05) is 12.6 Å². The molecule has 0 saturated heterocycles. The molecule has 5 heteroatoms. The average molecular weight is 209 g/mol. The normalized spacial score (nSPS) is 19.6. The third-order valence-corrected chi connectivity index (χ3v) is 3.40. The second kappa shape index (κ2) is 4.20. The minimum atomic E-state index is 0.154. The fraction of sp³-hybridized carbons (Fsp3) is 0.700. The van der Waals surface area contributed by atoms with Crippen LogP contribution in [0, 0.1) is 5.92 Å². The molecular weight excluding hydrogens is 190 g/mol. The average Bonchev–Trinajstić information content (AvgIpc) is 2.84. The van der Waals surface area contributed by atoms with Crippen LogP contribution in [0.5, 0.6) is 0 Å². The summed E-state index contributed by atoms with van der Waals surface area (Å²) < 4.78 is 1.69. The van der Waals surface area contributed by atoms with Crippen molar-refractivity contribution >= 4 is 5.82 Å². The van der Waals surface area contributed by atoms with E-state index >= 15 is 0 Å². The molecule has 1 unspecified atom stereocenters. The lowest BCUT2D eigenvalue weighted by atomic mass is 9.93. The third-order valence-electron chi connectivity index (χ3n) is 3.40. The zero-order chi connectivity index (χ0) is 10.8. The van der Waals surface area contributed by atoms with Crippen LogP contribution in [0.2, 0.25) is 0 Å². The summed E-state index contributed by atoms with van der Waals surface area (Å²) in [6.45, 7) is 0. The molecule has 5 nitrogen and oxygen atoms in total. The van der Waals surface area contributed by atoms with Gasteiger partial charge in [0.2, 0.25) is 0 Å². The van der Waals surface area contributed by atoms with Crippen molar-refractivity contribution in [1.29, 1.82) is 0 Å². The smallest absolute Gasteiger partial charge is 0.126 e. The number of nitrogen functional groups attached to an aromatic ring is 1. The van der Waals surface area contributed by atoms with Crippen LogP contribution in [0.3, 0.4) is 0 Å². The summed E-state index contributed by atoms with van der Waals surface area (Å²) in [7, 11) is 1.85. The van der Waals surface area contributed by atoms with Gasteiger partial charge in [-0.05, 0) is 18.8 Å². The number of aryl methyl sites for hydroxylation is 1. The van der Waals surface area contributed by atoms with Crippen LogP contribution in [-0.4, -0.2) is 9.78 Å². The van der Waals surface area contributed by atoms with Gasteiger partial charge in [-0.1, -0.05) is 12.8 Å². The molecule has 1 aromatic heterocycles. The topological polar surface area (TPSA) is 81.9 Å². The summed E-state index contributed by atoms with van der Waals surface area (Å²) >= 11 is 0. The molecule has 1 aromatic rings. The van der Waals surface area contributed by atoms with Crippen LogP contribution in [0.4, 0.5) is 5.82 Å². The van der Waals surface area contributed by atoms with E-state index in [4.69, 9.17) is 11.6 Å². The molecule has 0 amide bonds. The monoisotopic (exact) mass is 209 g/mol. The maximum atomic E-state index is 5.95. The zero-order valence-electron chi connectivity index (χ0n) is 9.11. The number of rotatable bonds is 3. The van der Waals surface area contributed by atoms with Gasteiger partial charge in [0.05, 0.1) is 12.2 Å². The number of nitrogens with two attached hydrogens (primary N) is 2. The van der Waals surface area contributed by atoms with Gasteiger partial charge in [0.25, 0.3) is 0 Å². The molecule has 1 saturated carbocycles. The van der Waals surface area contributed by atoms with Crippen LogP contribution in [-0.2, 0) is 7.05 Å². The number of aromatic nitrogens is 2. The van der Waals surface area contributed by atoms with Crippen LogP contribution in [0.1, 0.15) is 37.3 Å². The lowest BCUT2D eigenvalue weighted by Crippen LogP contribution is -2.33. The molecule has 1 aliphatic rings. The molecule has 1 fully saturated rings. The number of anilines is 1. The van der Waals surface area contributed by atoms with Gasteiger partial charge in [0.15, 0.2) is 0 Å². The Labute approximate surface area is 89.8 Å². The molecule has 0 aliphatic heterocycles. The van der Waals surface area contributed by atoms with E-state index in [1.165, 1.54) is 25.7 Å². The van der Waals surface area contributed by atoms with Crippen LogP contribution >= 0.6 is 0 Å². The zero-order valence-corrected chi connectivity index (χ0v) is 9.11. The first-order valence-electron chi connectivity index (χ1n) is 5.47. The predicted molar refractivity (Wildman–Crippen MR) is 59.6 cm³/mol. The van der Waals surface area contributed by atoms with E-state index in [9.17, 15) is 0 Å². The highest BCUT2D eigenvalue weighted by Crippen LogP contribution is 2.36. The number of hydrogen-bond acceptors (Lipinski definition) is 4. The molecule has 84 valence electrons. The van der Waals surface area contributed by atoms with E-state index in [1.54, 1.807) is 4.68 Å². The Balaban J connectivity index is 2.22. The molecule has 5 N–H and O–H groups in total. The van der Waals surface area contributed by atoms with E-state index in [0.29, 0.717) is 11.7 Å². The summed E-state index contributed by atoms with van der Waals surface area (Å²) in [5, 5.41) is 4.15. The predicted octanol–water partition coefficient (Wildman–Crippen LogP) is 0.697. The Morgan fingerprint density at radius 2 is 2.20 bits per heavy atom. The Kier molecular flexibility index (Phi) is 2.93. The van der Waals surface area contributed by atoms with E-state index in [-0.39, 0.29) is 6.04 Å². The SMILES string of the molecule is Cn1ncc(C(NN)C2CCCC2)c1N. The van der Waals surface area contributed by atoms with E-state index in [2.05, 4.69) is 10.5 Å². The van der Waals surface area contributed by atoms with Crippen molar-refractivity contribution in [1.82, 2.24) is 15.2 Å². The van der Waals surface area contributed by atoms with Crippen LogP contribution in [0.15, 0.2) is 6.20 Å².